The number of nitrogens with one attached hydrogen (secondary N) is 3. The maximum absolute atomic E-state index is 9.57. The number of nitrogens with zero attached hydrogens (tertiary/aromatic N) is 5. The monoisotopic (exact) mass is 388 g/mol. The highest BCUT2D eigenvalue weighted by Gasteiger charge is 2.24. The van der Waals surface area contributed by atoms with Crippen molar-refractivity contribution >= 4 is 11.3 Å². The molecule has 0 spiro atoms. The lowest BCUT2D eigenvalue weighted by molar-refractivity contribution is 0.559. The van der Waals surface area contributed by atoms with Gasteiger partial charge in [0.2, 0.25) is 0 Å². The highest BCUT2D eigenvalue weighted by Crippen LogP contribution is 2.32. The van der Waals surface area contributed by atoms with E-state index in [0.717, 1.165) is 60.6 Å². The van der Waals surface area contributed by atoms with Crippen LogP contribution in [0.2, 0.25) is 0 Å². The Kier molecular flexibility index (Phi) is 4.64. The van der Waals surface area contributed by atoms with Gasteiger partial charge in [-0.2, -0.15) is 10.4 Å². The third-order valence-electron chi connectivity index (χ3n) is 5.75. The fraction of sp³-hybridized carbons (Fsp3) is 0.381. The molecule has 0 aromatic carbocycles. The smallest absolute Gasteiger partial charge is 0.128 e. The minimum absolute atomic E-state index is 0.205. The molecule has 2 saturated heterocycles. The van der Waals surface area contributed by atoms with Crippen molar-refractivity contribution in [2.24, 2.45) is 0 Å². The molecule has 5 heterocycles. The van der Waals surface area contributed by atoms with Crippen LogP contribution >= 0.6 is 0 Å². The molecule has 2 fully saturated rings. The zero-order chi connectivity index (χ0) is 19.8. The molecular weight excluding hydrogens is 364 g/mol. The molecule has 2 aliphatic heterocycles. The molecular formula is C21H24N8. The largest absolute Gasteiger partial charge is 0.354 e. The van der Waals surface area contributed by atoms with Crippen molar-refractivity contribution in [3.63, 3.8) is 0 Å². The van der Waals surface area contributed by atoms with Crippen LogP contribution in [0.1, 0.15) is 30.5 Å². The van der Waals surface area contributed by atoms with Crippen molar-refractivity contribution < 1.29 is 0 Å². The van der Waals surface area contributed by atoms with E-state index in [2.05, 4.69) is 57.4 Å². The molecule has 0 aliphatic carbocycles. The van der Waals surface area contributed by atoms with E-state index in [1.165, 1.54) is 0 Å². The van der Waals surface area contributed by atoms with Crippen LogP contribution in [-0.4, -0.2) is 46.8 Å². The lowest BCUT2D eigenvalue weighted by Gasteiger charge is -2.28. The van der Waals surface area contributed by atoms with Crippen molar-refractivity contribution in [1.82, 2.24) is 30.8 Å². The van der Waals surface area contributed by atoms with Gasteiger partial charge in [-0.15, -0.1) is 0 Å². The summed E-state index contributed by atoms with van der Waals surface area (Å²) >= 11 is 0. The van der Waals surface area contributed by atoms with E-state index in [4.69, 9.17) is 4.98 Å². The van der Waals surface area contributed by atoms with E-state index in [-0.39, 0.29) is 6.04 Å². The second kappa shape index (κ2) is 7.44. The Hall–Kier alpha value is -2.99. The van der Waals surface area contributed by atoms with E-state index >= 15 is 0 Å². The van der Waals surface area contributed by atoms with Crippen LogP contribution < -0.4 is 21.1 Å². The molecule has 0 saturated carbocycles. The van der Waals surface area contributed by atoms with E-state index in [9.17, 15) is 5.26 Å². The third kappa shape index (κ3) is 3.34. The molecule has 3 aromatic rings. The second-order valence-corrected chi connectivity index (χ2v) is 7.77. The highest BCUT2D eigenvalue weighted by atomic mass is 15.4. The molecule has 2 atom stereocenters. The van der Waals surface area contributed by atoms with Crippen LogP contribution in [0.25, 0.3) is 16.6 Å². The van der Waals surface area contributed by atoms with Crippen molar-refractivity contribution in [3.8, 4) is 17.2 Å². The van der Waals surface area contributed by atoms with E-state index in [0.29, 0.717) is 11.6 Å². The summed E-state index contributed by atoms with van der Waals surface area (Å²) in [5.74, 6) is 0.993. The Morgan fingerprint density at radius 1 is 1.17 bits per heavy atom. The SMILES string of the molecule is CC1CC(c2cc(-c3ccc(N4CCNCC4)nc3)c3c(C#N)cnn3c2)NN1. The van der Waals surface area contributed by atoms with Gasteiger partial charge in [-0.25, -0.2) is 14.9 Å². The van der Waals surface area contributed by atoms with Crippen LogP contribution in [0.4, 0.5) is 5.82 Å². The number of nitriles is 1. The summed E-state index contributed by atoms with van der Waals surface area (Å²) in [6, 6.07) is 9.22. The van der Waals surface area contributed by atoms with Crippen LogP contribution in [0.5, 0.6) is 0 Å². The Morgan fingerprint density at radius 2 is 2.03 bits per heavy atom. The summed E-state index contributed by atoms with van der Waals surface area (Å²) in [5.41, 5.74) is 11.2. The zero-order valence-electron chi connectivity index (χ0n) is 16.4. The summed E-state index contributed by atoms with van der Waals surface area (Å²) in [4.78, 5) is 7.02. The molecule has 148 valence electrons. The zero-order valence-corrected chi connectivity index (χ0v) is 16.4. The number of anilines is 1. The van der Waals surface area contributed by atoms with Crippen LogP contribution in [0, 0.1) is 11.3 Å². The number of pyridine rings is 2. The molecule has 2 aliphatic rings. The summed E-state index contributed by atoms with van der Waals surface area (Å²) in [6.07, 6.45) is 6.55. The van der Waals surface area contributed by atoms with Crippen LogP contribution in [0.3, 0.4) is 0 Å². The number of rotatable bonds is 3. The van der Waals surface area contributed by atoms with Crippen LogP contribution in [-0.2, 0) is 0 Å². The number of aromatic nitrogens is 3. The first-order chi connectivity index (χ1) is 14.2. The van der Waals surface area contributed by atoms with Crippen LogP contribution in [0.15, 0.2) is 36.8 Å². The van der Waals surface area contributed by atoms with Gasteiger partial charge in [-0.05, 0) is 37.1 Å². The van der Waals surface area contributed by atoms with Crippen molar-refractivity contribution in [3.05, 3.63) is 47.9 Å². The summed E-state index contributed by atoms with van der Waals surface area (Å²) in [5, 5.41) is 17.4. The van der Waals surface area contributed by atoms with Gasteiger partial charge in [-0.3, -0.25) is 5.43 Å². The Morgan fingerprint density at radius 3 is 2.72 bits per heavy atom. The van der Waals surface area contributed by atoms with E-state index in [1.807, 2.05) is 16.9 Å². The molecule has 3 aromatic heterocycles. The van der Waals surface area contributed by atoms with Gasteiger partial charge in [0.25, 0.3) is 0 Å². The number of fused-ring (bicyclic) bond motifs is 1. The topological polar surface area (TPSA) is 93.3 Å². The molecule has 8 heteroatoms. The van der Waals surface area contributed by atoms with Gasteiger partial charge < -0.3 is 10.2 Å². The minimum atomic E-state index is 0.205. The van der Waals surface area contributed by atoms with Gasteiger partial charge in [0.05, 0.1) is 17.3 Å². The number of piperazine rings is 1. The number of hydrogen-bond acceptors (Lipinski definition) is 7. The third-order valence-corrected chi connectivity index (χ3v) is 5.75. The second-order valence-electron chi connectivity index (χ2n) is 7.77. The molecule has 3 N–H and O–H groups in total. The first-order valence-electron chi connectivity index (χ1n) is 10.1. The van der Waals surface area contributed by atoms with Crippen molar-refractivity contribution in [1.29, 1.82) is 5.26 Å². The van der Waals surface area contributed by atoms with E-state index < -0.39 is 0 Å². The Balaban J connectivity index is 1.57. The molecule has 2 unspecified atom stereocenters. The molecule has 0 bridgehead atoms. The van der Waals surface area contributed by atoms with Gasteiger partial charge in [0.15, 0.2) is 0 Å². The fourth-order valence-electron chi connectivity index (χ4n) is 4.19. The maximum Gasteiger partial charge on any atom is 0.128 e. The average Bonchev–Trinajstić information content (AvgIpc) is 3.40. The molecule has 0 amide bonds. The summed E-state index contributed by atoms with van der Waals surface area (Å²) in [6.45, 7) is 6.05. The Labute approximate surface area is 169 Å². The number of hydrazine groups is 1. The summed E-state index contributed by atoms with van der Waals surface area (Å²) in [7, 11) is 0. The van der Waals surface area contributed by atoms with Gasteiger partial charge in [-0.1, -0.05) is 0 Å². The molecule has 29 heavy (non-hydrogen) atoms. The molecule has 0 radical (unpaired) electrons. The van der Waals surface area contributed by atoms with Crippen molar-refractivity contribution in [2.75, 3.05) is 31.1 Å². The van der Waals surface area contributed by atoms with Gasteiger partial charge >= 0.3 is 0 Å². The van der Waals surface area contributed by atoms with E-state index in [1.54, 1.807) is 6.20 Å². The molecule has 5 rings (SSSR count). The summed E-state index contributed by atoms with van der Waals surface area (Å²) < 4.78 is 1.82. The Bertz CT molecular complexity index is 1060. The minimum Gasteiger partial charge on any atom is -0.354 e. The lowest BCUT2D eigenvalue weighted by atomic mass is 9.98. The predicted molar refractivity (Wildman–Crippen MR) is 111 cm³/mol. The van der Waals surface area contributed by atoms with Crippen molar-refractivity contribution in [2.45, 2.75) is 25.4 Å². The normalized spacial score (nSPS) is 22.1. The quantitative estimate of drug-likeness (QED) is 0.628. The van der Waals surface area contributed by atoms with Gasteiger partial charge in [0, 0.05) is 61.8 Å². The maximum atomic E-state index is 9.57. The first-order valence-corrected chi connectivity index (χ1v) is 10.1. The first kappa shape index (κ1) is 18.1. The lowest BCUT2D eigenvalue weighted by Crippen LogP contribution is -2.43. The average molecular weight is 388 g/mol. The number of hydrogen-bond donors (Lipinski definition) is 3. The van der Waals surface area contributed by atoms with Gasteiger partial charge in [0.1, 0.15) is 11.9 Å². The fourth-order valence-corrected chi connectivity index (χ4v) is 4.19. The predicted octanol–water partition coefficient (Wildman–Crippen LogP) is 1.61. The standard InChI is InChI=1S/C21H24N8/c1-14-8-19(27-26-14)16-9-18(21-17(10-22)12-25-29(21)13-16)15-2-3-20(24-11-15)28-6-4-23-5-7-28/h2-3,9,11-14,19,23,26-27H,4-8H2,1H3. The highest BCUT2D eigenvalue weighted by molar-refractivity contribution is 5.84. The molecule has 8 nitrogen and oxygen atoms in total.